The van der Waals surface area contributed by atoms with Crippen molar-refractivity contribution >= 4 is 11.3 Å². The Kier molecular flexibility index (Phi) is 4.60. The van der Waals surface area contributed by atoms with Gasteiger partial charge in [0.05, 0.1) is 0 Å². The summed E-state index contributed by atoms with van der Waals surface area (Å²) < 4.78 is 0. The molecule has 0 aliphatic heterocycles. The average Bonchev–Trinajstić information content (AvgIpc) is 2.79. The highest BCUT2D eigenvalue weighted by molar-refractivity contribution is 7.09. The zero-order valence-electron chi connectivity index (χ0n) is 10.7. The van der Waals surface area contributed by atoms with Gasteiger partial charge in [-0.1, -0.05) is 25.8 Å². The van der Waals surface area contributed by atoms with Crippen LogP contribution in [0.15, 0.2) is 17.5 Å². The highest BCUT2D eigenvalue weighted by Gasteiger charge is 2.30. The van der Waals surface area contributed by atoms with Gasteiger partial charge in [-0.2, -0.15) is 0 Å². The molecule has 17 heavy (non-hydrogen) atoms. The van der Waals surface area contributed by atoms with Crippen LogP contribution >= 0.6 is 11.3 Å². The number of hydrogen-bond acceptors (Lipinski definition) is 3. The number of nitrogens with one attached hydrogen (secondary N) is 1. The van der Waals surface area contributed by atoms with E-state index in [0.29, 0.717) is 0 Å². The van der Waals surface area contributed by atoms with Crippen molar-refractivity contribution in [3.8, 4) is 0 Å². The lowest BCUT2D eigenvalue weighted by atomic mass is 9.89. The summed E-state index contributed by atoms with van der Waals surface area (Å²) in [7, 11) is 0. The Morgan fingerprint density at radius 1 is 1.47 bits per heavy atom. The van der Waals surface area contributed by atoms with Gasteiger partial charge < -0.3 is 11.1 Å². The molecule has 1 aromatic heterocycles. The molecule has 96 valence electrons. The molecular formula is C14H24N2S. The highest BCUT2D eigenvalue weighted by Crippen LogP contribution is 2.30. The van der Waals surface area contributed by atoms with Crippen LogP contribution in [-0.2, 0) is 6.54 Å². The lowest BCUT2D eigenvalue weighted by Crippen LogP contribution is -2.50. The molecule has 0 bridgehead atoms. The number of thiophene rings is 1. The first kappa shape index (κ1) is 13.1. The van der Waals surface area contributed by atoms with E-state index in [4.69, 9.17) is 5.73 Å². The van der Waals surface area contributed by atoms with Crippen LogP contribution in [0.3, 0.4) is 0 Å². The third kappa shape index (κ3) is 3.54. The number of rotatable bonds is 4. The molecule has 1 heterocycles. The van der Waals surface area contributed by atoms with Crippen molar-refractivity contribution in [2.75, 3.05) is 6.54 Å². The van der Waals surface area contributed by atoms with Crippen LogP contribution in [0.2, 0.25) is 0 Å². The molecular weight excluding hydrogens is 228 g/mol. The van der Waals surface area contributed by atoms with E-state index in [9.17, 15) is 0 Å². The summed E-state index contributed by atoms with van der Waals surface area (Å²) in [6, 6.07) is 4.31. The van der Waals surface area contributed by atoms with E-state index in [0.717, 1.165) is 19.0 Å². The summed E-state index contributed by atoms with van der Waals surface area (Å²) in [6.07, 6.45) is 6.46. The van der Waals surface area contributed by atoms with Crippen LogP contribution in [0.5, 0.6) is 0 Å². The number of nitrogens with two attached hydrogens (primary N) is 1. The van der Waals surface area contributed by atoms with Crippen LogP contribution in [0.25, 0.3) is 0 Å². The quantitative estimate of drug-likeness (QED) is 0.808. The Bertz CT molecular complexity index is 323. The number of hydrogen-bond donors (Lipinski definition) is 2. The van der Waals surface area contributed by atoms with E-state index in [2.05, 4.69) is 29.8 Å². The van der Waals surface area contributed by atoms with Crippen molar-refractivity contribution in [2.24, 2.45) is 11.7 Å². The molecule has 3 heteroatoms. The molecule has 1 saturated carbocycles. The van der Waals surface area contributed by atoms with Crippen LogP contribution < -0.4 is 11.1 Å². The average molecular weight is 252 g/mol. The largest absolute Gasteiger partial charge is 0.329 e. The van der Waals surface area contributed by atoms with Gasteiger partial charge in [0.15, 0.2) is 0 Å². The minimum atomic E-state index is 0.189. The molecule has 1 aliphatic carbocycles. The predicted molar refractivity (Wildman–Crippen MR) is 75.2 cm³/mol. The summed E-state index contributed by atoms with van der Waals surface area (Å²) in [6.45, 7) is 4.11. The summed E-state index contributed by atoms with van der Waals surface area (Å²) in [5, 5.41) is 5.87. The van der Waals surface area contributed by atoms with Crippen LogP contribution in [0.4, 0.5) is 0 Å². The highest BCUT2D eigenvalue weighted by atomic mass is 32.1. The molecule has 1 aliphatic rings. The molecule has 0 amide bonds. The Labute approximate surface area is 109 Å². The SMILES string of the molecule is CC1CCCC(CN)(NCc2cccs2)CC1. The van der Waals surface area contributed by atoms with Gasteiger partial charge in [-0.15, -0.1) is 11.3 Å². The van der Waals surface area contributed by atoms with Crippen LogP contribution in [0, 0.1) is 5.92 Å². The van der Waals surface area contributed by atoms with Crippen molar-refractivity contribution in [1.29, 1.82) is 0 Å². The van der Waals surface area contributed by atoms with Gasteiger partial charge in [-0.3, -0.25) is 0 Å². The normalized spacial score (nSPS) is 30.1. The maximum atomic E-state index is 6.03. The molecule has 0 aromatic carbocycles. The van der Waals surface area contributed by atoms with Crippen LogP contribution in [0.1, 0.15) is 43.9 Å². The zero-order chi connectivity index (χ0) is 12.1. The van der Waals surface area contributed by atoms with Gasteiger partial charge in [0.25, 0.3) is 0 Å². The van der Waals surface area contributed by atoms with E-state index in [1.165, 1.54) is 37.0 Å². The molecule has 0 spiro atoms. The van der Waals surface area contributed by atoms with Crippen molar-refractivity contribution in [1.82, 2.24) is 5.32 Å². The molecule has 2 unspecified atom stereocenters. The molecule has 3 N–H and O–H groups in total. The van der Waals surface area contributed by atoms with Crippen molar-refractivity contribution in [3.05, 3.63) is 22.4 Å². The third-order valence-electron chi connectivity index (χ3n) is 4.08. The van der Waals surface area contributed by atoms with E-state index in [-0.39, 0.29) is 5.54 Å². The van der Waals surface area contributed by atoms with Gasteiger partial charge in [0.2, 0.25) is 0 Å². The van der Waals surface area contributed by atoms with Gasteiger partial charge in [-0.25, -0.2) is 0 Å². The smallest absolute Gasteiger partial charge is 0.0307 e. The summed E-state index contributed by atoms with van der Waals surface area (Å²) in [5.41, 5.74) is 6.22. The van der Waals surface area contributed by atoms with Crippen molar-refractivity contribution < 1.29 is 0 Å². The van der Waals surface area contributed by atoms with Gasteiger partial charge >= 0.3 is 0 Å². The Morgan fingerprint density at radius 3 is 3.06 bits per heavy atom. The Balaban J connectivity index is 1.93. The third-order valence-corrected chi connectivity index (χ3v) is 4.95. The summed E-state index contributed by atoms with van der Waals surface area (Å²) >= 11 is 1.82. The fourth-order valence-corrected chi connectivity index (χ4v) is 3.37. The lowest BCUT2D eigenvalue weighted by Gasteiger charge is -2.33. The topological polar surface area (TPSA) is 38.0 Å². The summed E-state index contributed by atoms with van der Waals surface area (Å²) in [4.78, 5) is 1.41. The molecule has 1 fully saturated rings. The second-order valence-electron chi connectivity index (χ2n) is 5.45. The second-order valence-corrected chi connectivity index (χ2v) is 6.49. The molecule has 2 nitrogen and oxygen atoms in total. The van der Waals surface area contributed by atoms with Crippen LogP contribution in [-0.4, -0.2) is 12.1 Å². The molecule has 0 saturated heterocycles. The Hall–Kier alpha value is -0.380. The maximum Gasteiger partial charge on any atom is 0.0307 e. The standard InChI is InChI=1S/C14H24N2S/c1-12-4-2-7-14(11-15,8-6-12)16-10-13-5-3-9-17-13/h3,5,9,12,16H,2,4,6-8,10-11,15H2,1H3. The predicted octanol–water partition coefficient (Wildman–Crippen LogP) is 3.14. The first-order valence-electron chi connectivity index (χ1n) is 6.72. The van der Waals surface area contributed by atoms with Crippen molar-refractivity contribution in [2.45, 2.75) is 51.1 Å². The monoisotopic (exact) mass is 252 g/mol. The minimum absolute atomic E-state index is 0.189. The lowest BCUT2D eigenvalue weighted by molar-refractivity contribution is 0.288. The first-order chi connectivity index (χ1) is 8.24. The van der Waals surface area contributed by atoms with E-state index < -0.39 is 0 Å². The second kappa shape index (κ2) is 5.98. The van der Waals surface area contributed by atoms with Gasteiger partial charge in [0, 0.05) is 23.5 Å². The van der Waals surface area contributed by atoms with Gasteiger partial charge in [-0.05, 0) is 36.6 Å². The van der Waals surface area contributed by atoms with E-state index in [1.54, 1.807) is 0 Å². The first-order valence-corrected chi connectivity index (χ1v) is 7.59. The molecule has 2 atom stereocenters. The van der Waals surface area contributed by atoms with Gasteiger partial charge in [0.1, 0.15) is 0 Å². The van der Waals surface area contributed by atoms with E-state index in [1.807, 2.05) is 11.3 Å². The molecule has 0 radical (unpaired) electrons. The van der Waals surface area contributed by atoms with Crippen molar-refractivity contribution in [3.63, 3.8) is 0 Å². The fraction of sp³-hybridized carbons (Fsp3) is 0.714. The zero-order valence-corrected chi connectivity index (χ0v) is 11.6. The summed E-state index contributed by atoms with van der Waals surface area (Å²) in [5.74, 6) is 0.868. The maximum absolute atomic E-state index is 6.03. The van der Waals surface area contributed by atoms with E-state index >= 15 is 0 Å². The Morgan fingerprint density at radius 2 is 2.35 bits per heavy atom. The minimum Gasteiger partial charge on any atom is -0.329 e. The fourth-order valence-electron chi connectivity index (χ4n) is 2.72. The molecule has 2 rings (SSSR count). The molecule has 1 aromatic rings.